The smallest absolute Gasteiger partial charge is 0.270 e. The Labute approximate surface area is 167 Å². The van der Waals surface area contributed by atoms with Gasteiger partial charge in [0.2, 0.25) is 0 Å². The highest BCUT2D eigenvalue weighted by Gasteiger charge is 2.33. The summed E-state index contributed by atoms with van der Waals surface area (Å²) in [5.41, 5.74) is 1.54. The quantitative estimate of drug-likeness (QED) is 0.533. The molecule has 2 aromatic rings. The predicted octanol–water partition coefficient (Wildman–Crippen LogP) is 4.39. The Balaban J connectivity index is 1.88. The zero-order chi connectivity index (χ0) is 19.2. The maximum Gasteiger partial charge on any atom is 0.270 e. The molecule has 1 amide bonds. The lowest BCUT2D eigenvalue weighted by Crippen LogP contribution is -2.27. The number of nitriles is 1. The number of ether oxygens (including phenoxy) is 2. The van der Waals surface area contributed by atoms with Crippen molar-refractivity contribution in [2.75, 3.05) is 18.1 Å². The van der Waals surface area contributed by atoms with Gasteiger partial charge in [-0.25, -0.2) is 0 Å². The number of nitrogens with zero attached hydrogens (tertiary/aromatic N) is 2. The molecule has 3 rings (SSSR count). The highest BCUT2D eigenvalue weighted by atomic mass is 32.2. The van der Waals surface area contributed by atoms with Gasteiger partial charge in [0.05, 0.1) is 17.2 Å². The average molecular weight is 396 g/mol. The number of carbonyl (C=O) groups excluding carboxylic acids is 1. The molecule has 1 aliphatic rings. The number of rotatable bonds is 6. The van der Waals surface area contributed by atoms with Gasteiger partial charge in [-0.05, 0) is 42.8 Å². The molecule has 0 atom stereocenters. The van der Waals surface area contributed by atoms with Crippen LogP contribution in [0.15, 0.2) is 53.4 Å². The molecule has 27 heavy (non-hydrogen) atoms. The van der Waals surface area contributed by atoms with E-state index in [1.54, 1.807) is 18.2 Å². The van der Waals surface area contributed by atoms with Gasteiger partial charge < -0.3 is 9.47 Å². The summed E-state index contributed by atoms with van der Waals surface area (Å²) in [6, 6.07) is 16.6. The molecule has 0 saturated carbocycles. The van der Waals surface area contributed by atoms with Crippen molar-refractivity contribution in [2.24, 2.45) is 0 Å². The molecule has 0 bridgehead atoms. The summed E-state index contributed by atoms with van der Waals surface area (Å²) in [4.78, 5) is 14.9. The van der Waals surface area contributed by atoms with E-state index < -0.39 is 0 Å². The van der Waals surface area contributed by atoms with E-state index in [4.69, 9.17) is 27.0 Å². The third-order valence-electron chi connectivity index (χ3n) is 3.67. The van der Waals surface area contributed by atoms with Crippen molar-refractivity contribution in [3.05, 3.63) is 59.0 Å². The molecular weight excluding hydrogens is 380 g/mol. The Morgan fingerprint density at radius 2 is 1.96 bits per heavy atom. The van der Waals surface area contributed by atoms with Crippen LogP contribution in [0.25, 0.3) is 6.08 Å². The largest absolute Gasteiger partial charge is 0.490 e. The van der Waals surface area contributed by atoms with Crippen LogP contribution in [0, 0.1) is 11.3 Å². The second kappa shape index (κ2) is 8.71. The first-order valence-corrected chi connectivity index (χ1v) is 9.46. The lowest BCUT2D eigenvalue weighted by Gasteiger charge is -2.13. The number of hydrogen-bond donors (Lipinski definition) is 0. The van der Waals surface area contributed by atoms with E-state index in [1.807, 2.05) is 49.4 Å². The van der Waals surface area contributed by atoms with E-state index in [1.165, 1.54) is 16.7 Å². The minimum absolute atomic E-state index is 0.0604. The fourth-order valence-corrected chi connectivity index (χ4v) is 3.83. The number of para-hydroxylation sites is 1. The van der Waals surface area contributed by atoms with Crippen molar-refractivity contribution in [3.8, 4) is 17.6 Å². The van der Waals surface area contributed by atoms with E-state index in [9.17, 15) is 4.79 Å². The number of anilines is 1. The summed E-state index contributed by atoms with van der Waals surface area (Å²) in [5.74, 6) is 0.867. The summed E-state index contributed by atoms with van der Waals surface area (Å²) < 4.78 is 11.5. The van der Waals surface area contributed by atoms with Gasteiger partial charge in [-0.15, -0.1) is 0 Å². The van der Waals surface area contributed by atoms with Gasteiger partial charge in [0.15, 0.2) is 22.4 Å². The van der Waals surface area contributed by atoms with Crippen LogP contribution in [-0.4, -0.2) is 23.4 Å². The molecule has 0 unspecified atom stereocenters. The molecule has 1 fully saturated rings. The maximum absolute atomic E-state index is 12.8. The summed E-state index contributed by atoms with van der Waals surface area (Å²) in [6.07, 6.45) is 1.78. The third-order valence-corrected chi connectivity index (χ3v) is 4.97. The lowest BCUT2D eigenvalue weighted by atomic mass is 10.1. The number of carbonyl (C=O) groups is 1. The summed E-state index contributed by atoms with van der Waals surface area (Å²) in [5, 5.41) is 8.68. The summed E-state index contributed by atoms with van der Waals surface area (Å²) >= 11 is 6.64. The first-order chi connectivity index (χ1) is 13.1. The lowest BCUT2D eigenvalue weighted by molar-refractivity contribution is -0.113. The topological polar surface area (TPSA) is 62.6 Å². The highest BCUT2D eigenvalue weighted by Crippen LogP contribution is 2.37. The molecule has 7 heteroatoms. The Bertz CT molecular complexity index is 936. The van der Waals surface area contributed by atoms with Crippen LogP contribution >= 0.6 is 24.0 Å². The Morgan fingerprint density at radius 1 is 1.19 bits per heavy atom. The van der Waals surface area contributed by atoms with Crippen molar-refractivity contribution in [2.45, 2.75) is 6.92 Å². The SMILES string of the molecule is CCOc1cc(/C=C2/SC(=S)N(c3ccccc3)C2=O)ccc1OCC#N. The van der Waals surface area contributed by atoms with E-state index >= 15 is 0 Å². The van der Waals surface area contributed by atoms with E-state index in [0.29, 0.717) is 27.3 Å². The molecule has 0 aliphatic carbocycles. The molecule has 2 aromatic carbocycles. The molecule has 0 radical (unpaired) electrons. The fraction of sp³-hybridized carbons (Fsp3) is 0.150. The van der Waals surface area contributed by atoms with Crippen LogP contribution in [0.1, 0.15) is 12.5 Å². The molecule has 0 spiro atoms. The second-order valence-electron chi connectivity index (χ2n) is 5.44. The molecule has 0 aromatic heterocycles. The summed E-state index contributed by atoms with van der Waals surface area (Å²) in [6.45, 7) is 2.27. The molecule has 136 valence electrons. The van der Waals surface area contributed by atoms with Gasteiger partial charge in [0, 0.05) is 0 Å². The van der Waals surface area contributed by atoms with Crippen molar-refractivity contribution >= 4 is 46.0 Å². The maximum atomic E-state index is 12.8. The normalized spacial score (nSPS) is 15.1. The van der Waals surface area contributed by atoms with Gasteiger partial charge >= 0.3 is 0 Å². The van der Waals surface area contributed by atoms with Crippen LogP contribution in [-0.2, 0) is 4.79 Å². The van der Waals surface area contributed by atoms with Crippen LogP contribution in [0.2, 0.25) is 0 Å². The Kier molecular flexibility index (Phi) is 6.12. The Hall–Kier alpha value is -2.82. The van der Waals surface area contributed by atoms with Crippen LogP contribution < -0.4 is 14.4 Å². The molecule has 0 N–H and O–H groups in total. The van der Waals surface area contributed by atoms with E-state index in [2.05, 4.69) is 0 Å². The number of amides is 1. The van der Waals surface area contributed by atoms with Crippen molar-refractivity contribution in [1.82, 2.24) is 0 Å². The first kappa shape index (κ1) is 19.0. The number of benzene rings is 2. The monoisotopic (exact) mass is 396 g/mol. The average Bonchev–Trinajstić information content (AvgIpc) is 2.95. The minimum atomic E-state index is -0.154. The Morgan fingerprint density at radius 3 is 2.67 bits per heavy atom. The highest BCUT2D eigenvalue weighted by molar-refractivity contribution is 8.27. The predicted molar refractivity (Wildman–Crippen MR) is 111 cm³/mol. The van der Waals surface area contributed by atoms with Gasteiger partial charge in [-0.1, -0.05) is 48.2 Å². The van der Waals surface area contributed by atoms with E-state index in [-0.39, 0.29) is 12.5 Å². The van der Waals surface area contributed by atoms with Gasteiger partial charge in [-0.2, -0.15) is 5.26 Å². The number of thiocarbonyl (C=S) groups is 1. The first-order valence-electron chi connectivity index (χ1n) is 8.23. The molecule has 1 heterocycles. The second-order valence-corrected chi connectivity index (χ2v) is 7.11. The molecule has 1 aliphatic heterocycles. The minimum Gasteiger partial charge on any atom is -0.490 e. The standard InChI is InChI=1S/C20H16N2O3S2/c1-2-24-17-12-14(8-9-16(17)25-11-10-21)13-18-19(23)22(20(26)27-18)15-6-4-3-5-7-15/h3-9,12-13H,2,11H2,1H3/b18-13+. The zero-order valence-corrected chi connectivity index (χ0v) is 16.2. The van der Waals surface area contributed by atoms with Crippen LogP contribution in [0.5, 0.6) is 11.5 Å². The van der Waals surface area contributed by atoms with Crippen LogP contribution in [0.4, 0.5) is 5.69 Å². The van der Waals surface area contributed by atoms with Crippen LogP contribution in [0.3, 0.4) is 0 Å². The van der Waals surface area contributed by atoms with Crippen molar-refractivity contribution in [1.29, 1.82) is 5.26 Å². The zero-order valence-electron chi connectivity index (χ0n) is 14.5. The summed E-state index contributed by atoms with van der Waals surface area (Å²) in [7, 11) is 0. The van der Waals surface area contributed by atoms with Gasteiger partial charge in [0.1, 0.15) is 6.07 Å². The fourth-order valence-electron chi connectivity index (χ4n) is 2.53. The van der Waals surface area contributed by atoms with E-state index in [0.717, 1.165) is 11.3 Å². The van der Waals surface area contributed by atoms with Gasteiger partial charge in [0.25, 0.3) is 5.91 Å². The van der Waals surface area contributed by atoms with Crippen molar-refractivity contribution < 1.29 is 14.3 Å². The molecular formula is C20H16N2O3S2. The number of thioether (sulfide) groups is 1. The third kappa shape index (κ3) is 4.30. The number of hydrogen-bond acceptors (Lipinski definition) is 6. The van der Waals surface area contributed by atoms with Gasteiger partial charge in [-0.3, -0.25) is 9.69 Å². The molecule has 1 saturated heterocycles. The van der Waals surface area contributed by atoms with Crippen molar-refractivity contribution in [3.63, 3.8) is 0 Å². The molecule has 5 nitrogen and oxygen atoms in total.